The summed E-state index contributed by atoms with van der Waals surface area (Å²) < 4.78 is 7.79. The molecule has 2 fully saturated rings. The smallest absolute Gasteiger partial charge is 0.410 e. The maximum atomic E-state index is 12.7. The van der Waals surface area contributed by atoms with Crippen LogP contribution in [0.5, 0.6) is 0 Å². The highest BCUT2D eigenvalue weighted by Crippen LogP contribution is 2.37. The number of aromatic nitrogens is 3. The summed E-state index contributed by atoms with van der Waals surface area (Å²) in [5, 5.41) is 10.4. The fraction of sp³-hybridized carbons (Fsp3) is 0.450. The molecule has 3 aliphatic rings. The molecule has 1 aliphatic heterocycles. The number of aryl methyl sites for hydroxylation is 4. The van der Waals surface area contributed by atoms with Gasteiger partial charge >= 0.3 is 6.09 Å². The van der Waals surface area contributed by atoms with E-state index < -0.39 is 0 Å². The summed E-state index contributed by atoms with van der Waals surface area (Å²) >= 11 is 6.32. The van der Waals surface area contributed by atoms with Crippen LogP contribution in [0, 0.1) is 6.92 Å². The number of fused-ring (bicyclic) bond motifs is 2. The van der Waals surface area contributed by atoms with E-state index in [1.54, 1.807) is 4.90 Å². The second-order valence-corrected chi connectivity index (χ2v) is 14.2. The minimum absolute atomic E-state index is 0.0685. The van der Waals surface area contributed by atoms with Crippen molar-refractivity contribution in [3.8, 4) is 0 Å². The van der Waals surface area contributed by atoms with Gasteiger partial charge in [0.15, 0.2) is 0 Å². The fourth-order valence-electron chi connectivity index (χ4n) is 7.33. The van der Waals surface area contributed by atoms with Crippen LogP contribution in [0.2, 0.25) is 5.02 Å². The average molecular weight is 713 g/mol. The molecule has 11 heteroatoms. The van der Waals surface area contributed by atoms with Crippen molar-refractivity contribution in [1.29, 1.82) is 0 Å². The monoisotopic (exact) mass is 712 g/mol. The third-order valence-electron chi connectivity index (χ3n) is 10.1. The van der Waals surface area contributed by atoms with Crippen molar-refractivity contribution in [3.05, 3.63) is 118 Å². The molecule has 0 spiro atoms. The van der Waals surface area contributed by atoms with Gasteiger partial charge in [-0.15, -0.1) is 0 Å². The van der Waals surface area contributed by atoms with Gasteiger partial charge in [0, 0.05) is 63.2 Å². The second kappa shape index (κ2) is 17.8. The molecule has 51 heavy (non-hydrogen) atoms. The molecule has 2 aliphatic carbocycles. The summed E-state index contributed by atoms with van der Waals surface area (Å²) in [6.07, 6.45) is 11.9. The number of pyridine rings is 1. The Bertz CT molecular complexity index is 1720. The number of rotatable bonds is 9. The Morgan fingerprint density at radius 2 is 1.75 bits per heavy atom. The molecule has 7 rings (SSSR count). The zero-order valence-corrected chi connectivity index (χ0v) is 30.2. The highest BCUT2D eigenvalue weighted by atomic mass is 35.5. The van der Waals surface area contributed by atoms with Crippen LogP contribution in [0.15, 0.2) is 79.4 Å². The normalized spacial score (nSPS) is 20.2. The predicted molar refractivity (Wildman–Crippen MR) is 197 cm³/mol. The molecule has 10 nitrogen and oxygen atoms in total. The third kappa shape index (κ3) is 9.96. The molecule has 1 saturated carbocycles. The number of hydrogen-bond donors (Lipinski definition) is 1. The summed E-state index contributed by atoms with van der Waals surface area (Å²) in [4.78, 5) is 38.8. The molecule has 1 unspecified atom stereocenters. The highest BCUT2D eigenvalue weighted by molar-refractivity contribution is 6.30. The summed E-state index contributed by atoms with van der Waals surface area (Å²) in [5.74, 6) is 0. The van der Waals surface area contributed by atoms with Gasteiger partial charge in [0.1, 0.15) is 6.10 Å². The summed E-state index contributed by atoms with van der Waals surface area (Å²) in [7, 11) is 0. The molecule has 0 bridgehead atoms. The van der Waals surface area contributed by atoms with Crippen LogP contribution in [-0.4, -0.2) is 91.8 Å². The number of amides is 2. The standard InChI is InChI=1S/C25H30ClN3O3.C15H19N3O/c26-19-5-10-22-18(16-19)4-3-17-2-1-11-27-23(17)24(22)28-12-14-29(15-13-28)25(31)32-21-8-6-20(30)7-9-21;1-14-10-17(12-16-14)8-5-9-18(13-19)11-15-6-3-2-4-7-15/h1-2,5,10-11,16,20-21,24,30H,3-4,6-9,12-15H2;2-4,6-7,10,12-13H,5,8-9,11H2,1H3. The van der Waals surface area contributed by atoms with Crippen molar-refractivity contribution in [2.75, 3.05) is 32.7 Å². The Hall–Kier alpha value is -4.25. The van der Waals surface area contributed by atoms with E-state index in [1.165, 1.54) is 16.7 Å². The Morgan fingerprint density at radius 3 is 2.47 bits per heavy atom. The molecule has 2 aromatic heterocycles. The number of ether oxygens (including phenoxy) is 1. The van der Waals surface area contributed by atoms with E-state index >= 15 is 0 Å². The van der Waals surface area contributed by atoms with Gasteiger partial charge in [-0.3, -0.25) is 14.7 Å². The van der Waals surface area contributed by atoms with Gasteiger partial charge < -0.3 is 24.2 Å². The van der Waals surface area contributed by atoms with Gasteiger partial charge in [-0.1, -0.05) is 54.1 Å². The number of halogens is 1. The van der Waals surface area contributed by atoms with Crippen molar-refractivity contribution < 1.29 is 19.4 Å². The molecule has 4 aromatic rings. The van der Waals surface area contributed by atoms with Crippen molar-refractivity contribution >= 4 is 24.1 Å². The number of carbonyl (C=O) groups is 2. The Morgan fingerprint density at radius 1 is 0.980 bits per heavy atom. The molecule has 3 heterocycles. The van der Waals surface area contributed by atoms with Crippen molar-refractivity contribution in [2.24, 2.45) is 0 Å². The first kappa shape index (κ1) is 36.5. The lowest BCUT2D eigenvalue weighted by atomic mass is 9.95. The molecular weight excluding hydrogens is 664 g/mol. The average Bonchev–Trinajstić information content (AvgIpc) is 3.50. The lowest BCUT2D eigenvalue weighted by Gasteiger charge is -2.40. The van der Waals surface area contributed by atoms with Crippen molar-refractivity contribution in [1.82, 2.24) is 29.2 Å². The topological polar surface area (TPSA) is 104 Å². The minimum atomic E-state index is -0.248. The van der Waals surface area contributed by atoms with E-state index in [0.29, 0.717) is 32.5 Å². The van der Waals surface area contributed by atoms with Crippen LogP contribution in [-0.2, 0) is 35.5 Å². The molecule has 0 radical (unpaired) electrons. The van der Waals surface area contributed by atoms with Gasteiger partial charge in [0.25, 0.3) is 0 Å². The van der Waals surface area contributed by atoms with Crippen molar-refractivity contribution in [2.45, 2.75) is 83.2 Å². The maximum Gasteiger partial charge on any atom is 0.410 e. The Labute approximate surface area is 306 Å². The number of carbonyl (C=O) groups excluding carboxylic acids is 2. The summed E-state index contributed by atoms with van der Waals surface area (Å²) in [5.41, 5.74) is 7.13. The van der Waals surface area contributed by atoms with Crippen LogP contribution in [0.4, 0.5) is 4.79 Å². The van der Waals surface area contributed by atoms with Crippen LogP contribution in [0.3, 0.4) is 0 Å². The van der Waals surface area contributed by atoms with Crippen LogP contribution in [0.25, 0.3) is 0 Å². The summed E-state index contributed by atoms with van der Waals surface area (Å²) in [6, 6.07) is 20.5. The maximum absolute atomic E-state index is 12.7. The van der Waals surface area contributed by atoms with Gasteiger partial charge in [0.05, 0.1) is 29.9 Å². The molecule has 1 N–H and O–H groups in total. The zero-order chi connectivity index (χ0) is 35.6. The molecule has 2 amide bonds. The first-order valence-corrected chi connectivity index (χ1v) is 18.6. The number of hydrogen-bond acceptors (Lipinski definition) is 7. The van der Waals surface area contributed by atoms with E-state index in [2.05, 4.69) is 32.7 Å². The van der Waals surface area contributed by atoms with Gasteiger partial charge in [0.2, 0.25) is 6.41 Å². The number of nitrogens with zero attached hydrogens (tertiary/aromatic N) is 6. The lowest BCUT2D eigenvalue weighted by molar-refractivity contribution is -0.118. The molecular formula is C40H49ClN6O4. The number of imidazole rings is 1. The van der Waals surface area contributed by atoms with Crippen molar-refractivity contribution in [3.63, 3.8) is 0 Å². The third-order valence-corrected chi connectivity index (χ3v) is 10.3. The Balaban J connectivity index is 0.000000202. The lowest BCUT2D eigenvalue weighted by Crippen LogP contribution is -2.50. The first-order valence-electron chi connectivity index (χ1n) is 18.2. The number of piperazine rings is 1. The van der Waals surface area contributed by atoms with Crippen LogP contribution < -0.4 is 0 Å². The molecule has 2 aromatic carbocycles. The predicted octanol–water partition coefficient (Wildman–Crippen LogP) is 6.22. The fourth-order valence-corrected chi connectivity index (χ4v) is 7.53. The largest absolute Gasteiger partial charge is 0.446 e. The van der Waals surface area contributed by atoms with Crippen LogP contribution in [0.1, 0.15) is 71.8 Å². The number of aliphatic hydroxyl groups is 1. The minimum Gasteiger partial charge on any atom is -0.446 e. The Kier molecular flexibility index (Phi) is 12.7. The number of aliphatic hydroxyl groups excluding tert-OH is 1. The van der Waals surface area contributed by atoms with E-state index in [0.717, 1.165) is 86.7 Å². The first-order chi connectivity index (χ1) is 24.9. The molecule has 270 valence electrons. The highest BCUT2D eigenvalue weighted by Gasteiger charge is 2.34. The van der Waals surface area contributed by atoms with Gasteiger partial charge in [-0.05, 0) is 92.3 Å². The quantitative estimate of drug-likeness (QED) is 0.206. The SMILES string of the molecule is Cc1cn(CCCN(C=O)Cc2ccccc2)cn1.O=C(OC1CCC(O)CC1)N1CCN(C2c3ccc(Cl)cc3CCc3cccnc32)CC1. The van der Waals surface area contributed by atoms with E-state index in [9.17, 15) is 14.7 Å². The van der Waals surface area contributed by atoms with Gasteiger partial charge in [-0.25, -0.2) is 9.78 Å². The van der Waals surface area contributed by atoms with E-state index in [4.69, 9.17) is 21.3 Å². The number of benzene rings is 2. The van der Waals surface area contributed by atoms with Gasteiger partial charge in [-0.2, -0.15) is 0 Å². The summed E-state index contributed by atoms with van der Waals surface area (Å²) in [6.45, 7) is 7.10. The van der Waals surface area contributed by atoms with Crippen LogP contribution >= 0.6 is 11.6 Å². The zero-order valence-electron chi connectivity index (χ0n) is 29.4. The second-order valence-electron chi connectivity index (χ2n) is 13.8. The van der Waals surface area contributed by atoms with E-state index in [-0.39, 0.29) is 24.3 Å². The molecule has 1 saturated heterocycles. The van der Waals surface area contributed by atoms with E-state index in [1.807, 2.05) is 73.0 Å². The molecule has 1 atom stereocenters.